The molecule has 3 aliphatic rings. The fourth-order valence-corrected chi connectivity index (χ4v) is 5.69. The van der Waals surface area contributed by atoms with Crippen molar-refractivity contribution in [3.05, 3.63) is 0 Å². The van der Waals surface area contributed by atoms with Crippen LogP contribution in [0.3, 0.4) is 0 Å². The Labute approximate surface area is 110 Å². The first-order valence-corrected chi connectivity index (χ1v) is 9.01. The van der Waals surface area contributed by atoms with E-state index in [1.54, 1.807) is 0 Å². The minimum absolute atomic E-state index is 0.215. The lowest BCUT2D eigenvalue weighted by atomic mass is 9.91. The van der Waals surface area contributed by atoms with Crippen molar-refractivity contribution in [3.63, 3.8) is 0 Å². The van der Waals surface area contributed by atoms with E-state index in [0.29, 0.717) is 11.5 Å². The average Bonchev–Trinajstić information content (AvgIpc) is 2.74. The van der Waals surface area contributed by atoms with Crippen LogP contribution in [0.1, 0.15) is 32.1 Å². The third kappa shape index (κ3) is 2.58. The van der Waals surface area contributed by atoms with E-state index in [9.17, 15) is 8.42 Å². The molecule has 18 heavy (non-hydrogen) atoms. The third-order valence-electron chi connectivity index (χ3n) is 5.12. The molecule has 3 unspecified atom stereocenters. The number of fused-ring (bicyclic) bond motifs is 2. The molecular weight excluding hydrogens is 248 g/mol. The molecule has 2 bridgehead atoms. The fraction of sp³-hybridized carbons (Fsp3) is 1.00. The summed E-state index contributed by atoms with van der Waals surface area (Å²) in [4.78, 5) is 2.55. The molecule has 0 saturated carbocycles. The lowest BCUT2D eigenvalue weighted by Crippen LogP contribution is -2.44. The largest absolute Gasteiger partial charge is 0.313 e. The Morgan fingerprint density at radius 3 is 2.39 bits per heavy atom. The number of piperidine rings is 1. The van der Waals surface area contributed by atoms with Gasteiger partial charge in [0.25, 0.3) is 0 Å². The van der Waals surface area contributed by atoms with Crippen LogP contribution < -0.4 is 5.32 Å². The maximum absolute atomic E-state index is 11.4. The smallest absolute Gasteiger partial charge is 0.151 e. The van der Waals surface area contributed by atoms with E-state index in [1.807, 2.05) is 0 Å². The van der Waals surface area contributed by atoms with E-state index in [-0.39, 0.29) is 6.04 Å². The zero-order valence-corrected chi connectivity index (χ0v) is 12.0. The summed E-state index contributed by atoms with van der Waals surface area (Å²) in [5, 5.41) is 3.49. The molecule has 0 radical (unpaired) electrons. The second kappa shape index (κ2) is 4.76. The minimum Gasteiger partial charge on any atom is -0.313 e. The van der Waals surface area contributed by atoms with Crippen molar-refractivity contribution in [2.75, 3.05) is 25.1 Å². The molecule has 5 heteroatoms. The quantitative estimate of drug-likeness (QED) is 0.819. The van der Waals surface area contributed by atoms with Gasteiger partial charge in [-0.1, -0.05) is 0 Å². The molecule has 104 valence electrons. The minimum atomic E-state index is -2.74. The Bertz CT molecular complexity index is 395. The summed E-state index contributed by atoms with van der Waals surface area (Å²) in [6, 6.07) is 1.78. The molecule has 3 aliphatic heterocycles. The van der Waals surface area contributed by atoms with Crippen molar-refractivity contribution >= 4 is 9.84 Å². The van der Waals surface area contributed by atoms with E-state index >= 15 is 0 Å². The van der Waals surface area contributed by atoms with Gasteiger partial charge in [-0.25, -0.2) is 8.42 Å². The van der Waals surface area contributed by atoms with E-state index < -0.39 is 9.84 Å². The van der Waals surface area contributed by atoms with Crippen molar-refractivity contribution < 1.29 is 8.42 Å². The van der Waals surface area contributed by atoms with Gasteiger partial charge in [0.2, 0.25) is 0 Å². The Hall–Kier alpha value is -0.130. The Morgan fingerprint density at radius 2 is 1.83 bits per heavy atom. The first-order valence-electron chi connectivity index (χ1n) is 7.19. The molecular formula is C13H24N2O2S. The molecule has 4 nitrogen and oxygen atoms in total. The number of sulfone groups is 1. The van der Waals surface area contributed by atoms with Crippen LogP contribution in [0.25, 0.3) is 0 Å². The van der Waals surface area contributed by atoms with Crippen LogP contribution in [-0.2, 0) is 9.84 Å². The predicted octanol–water partition coefficient (Wildman–Crippen LogP) is 0.636. The first kappa shape index (κ1) is 12.9. The molecule has 0 aromatic rings. The topological polar surface area (TPSA) is 49.4 Å². The predicted molar refractivity (Wildman–Crippen MR) is 72.4 cm³/mol. The summed E-state index contributed by atoms with van der Waals surface area (Å²) >= 11 is 0. The van der Waals surface area contributed by atoms with Crippen LogP contribution in [0.5, 0.6) is 0 Å². The van der Waals surface area contributed by atoms with Crippen LogP contribution in [0.4, 0.5) is 0 Å². The van der Waals surface area contributed by atoms with Crippen LogP contribution in [0, 0.1) is 5.92 Å². The summed E-state index contributed by atoms with van der Waals surface area (Å²) in [6.07, 6.45) is 6.10. The summed E-state index contributed by atoms with van der Waals surface area (Å²) in [5.74, 6) is 1.48. The Kier molecular flexibility index (Phi) is 3.41. The van der Waals surface area contributed by atoms with Crippen LogP contribution in [0.2, 0.25) is 0 Å². The molecule has 0 aromatic carbocycles. The van der Waals surface area contributed by atoms with Gasteiger partial charge in [0.05, 0.1) is 11.5 Å². The first-order chi connectivity index (χ1) is 8.53. The summed E-state index contributed by atoms with van der Waals surface area (Å²) in [6.45, 7) is 1.01. The van der Waals surface area contributed by atoms with Crippen LogP contribution >= 0.6 is 0 Å². The number of rotatable bonds is 3. The average molecular weight is 272 g/mol. The molecule has 3 rings (SSSR count). The number of nitrogens with one attached hydrogen (secondary N) is 1. The number of hydrogen-bond donors (Lipinski definition) is 1. The second-order valence-corrected chi connectivity index (χ2v) is 8.62. The molecule has 0 aliphatic carbocycles. The molecule has 0 aromatic heterocycles. The normalized spacial score (nSPS) is 43.4. The highest BCUT2D eigenvalue weighted by Gasteiger charge is 2.38. The van der Waals surface area contributed by atoms with Gasteiger partial charge in [-0.05, 0) is 51.6 Å². The summed E-state index contributed by atoms with van der Waals surface area (Å²) < 4.78 is 22.8. The van der Waals surface area contributed by atoms with Crippen molar-refractivity contribution in [2.24, 2.45) is 5.92 Å². The molecule has 3 atom stereocenters. The van der Waals surface area contributed by atoms with E-state index in [0.717, 1.165) is 31.0 Å². The Balaban J connectivity index is 1.48. The summed E-state index contributed by atoms with van der Waals surface area (Å²) in [5.41, 5.74) is 0. The number of hydrogen-bond acceptors (Lipinski definition) is 4. The van der Waals surface area contributed by atoms with E-state index in [1.165, 1.54) is 25.7 Å². The van der Waals surface area contributed by atoms with Gasteiger partial charge in [-0.15, -0.1) is 0 Å². The van der Waals surface area contributed by atoms with Gasteiger partial charge in [-0.3, -0.25) is 0 Å². The van der Waals surface area contributed by atoms with Gasteiger partial charge < -0.3 is 10.2 Å². The lowest BCUT2D eigenvalue weighted by molar-refractivity contribution is 0.131. The van der Waals surface area contributed by atoms with Gasteiger partial charge in [0, 0.05) is 18.1 Å². The van der Waals surface area contributed by atoms with Crippen molar-refractivity contribution in [3.8, 4) is 0 Å². The van der Waals surface area contributed by atoms with Crippen molar-refractivity contribution in [1.29, 1.82) is 0 Å². The highest BCUT2D eigenvalue weighted by atomic mass is 32.2. The van der Waals surface area contributed by atoms with Crippen LogP contribution in [0.15, 0.2) is 0 Å². The summed E-state index contributed by atoms with van der Waals surface area (Å²) in [7, 11) is -0.478. The van der Waals surface area contributed by atoms with Crippen molar-refractivity contribution in [1.82, 2.24) is 10.2 Å². The maximum Gasteiger partial charge on any atom is 0.151 e. The fourth-order valence-electron chi connectivity index (χ4n) is 3.98. The van der Waals surface area contributed by atoms with Gasteiger partial charge in [-0.2, -0.15) is 0 Å². The molecule has 1 N–H and O–H groups in total. The highest BCUT2D eigenvalue weighted by molar-refractivity contribution is 7.91. The van der Waals surface area contributed by atoms with Gasteiger partial charge in [0.15, 0.2) is 9.84 Å². The Morgan fingerprint density at radius 1 is 1.17 bits per heavy atom. The van der Waals surface area contributed by atoms with E-state index in [4.69, 9.17) is 0 Å². The number of nitrogens with zero attached hydrogens (tertiary/aromatic N) is 1. The molecule has 0 spiro atoms. The molecule has 3 heterocycles. The zero-order chi connectivity index (χ0) is 12.8. The molecule has 3 fully saturated rings. The van der Waals surface area contributed by atoms with Crippen LogP contribution in [-0.4, -0.2) is 56.5 Å². The standard InChI is InChI=1S/C13H24N2O2S/c1-15-12-2-3-13(15)7-10(6-12)8-14-11-4-5-18(16,17)9-11/h10-14H,2-9H2,1H3. The monoisotopic (exact) mass is 272 g/mol. The molecule has 3 saturated heterocycles. The second-order valence-electron chi connectivity index (χ2n) is 6.40. The van der Waals surface area contributed by atoms with E-state index in [2.05, 4.69) is 17.3 Å². The zero-order valence-electron chi connectivity index (χ0n) is 11.1. The molecule has 0 amide bonds. The third-order valence-corrected chi connectivity index (χ3v) is 6.89. The maximum atomic E-state index is 11.4. The van der Waals surface area contributed by atoms with Gasteiger partial charge in [0.1, 0.15) is 0 Å². The van der Waals surface area contributed by atoms with Gasteiger partial charge >= 0.3 is 0 Å². The highest BCUT2D eigenvalue weighted by Crippen LogP contribution is 2.37. The lowest BCUT2D eigenvalue weighted by Gasteiger charge is -2.36. The van der Waals surface area contributed by atoms with Crippen molar-refractivity contribution in [2.45, 2.75) is 50.2 Å². The SMILES string of the molecule is CN1C2CCC1CC(CNC1CCS(=O)(=O)C1)C2.